The van der Waals surface area contributed by atoms with Gasteiger partial charge in [0.1, 0.15) is 17.1 Å². The van der Waals surface area contributed by atoms with E-state index in [0.717, 1.165) is 0 Å². The van der Waals surface area contributed by atoms with E-state index >= 15 is 0 Å². The summed E-state index contributed by atoms with van der Waals surface area (Å²) in [7, 11) is 0. The molecule has 0 bridgehead atoms. The number of amides is 2. The minimum absolute atomic E-state index is 0.0207. The van der Waals surface area contributed by atoms with Crippen molar-refractivity contribution in [3.63, 3.8) is 0 Å². The van der Waals surface area contributed by atoms with Crippen LogP contribution in [0.25, 0.3) is 0 Å². The largest absolute Gasteiger partial charge is 0.444 e. The number of nitro benzene ring substituents is 1. The van der Waals surface area contributed by atoms with E-state index in [4.69, 9.17) is 4.74 Å². The summed E-state index contributed by atoms with van der Waals surface area (Å²) in [6.45, 7) is 5.40. The first kappa shape index (κ1) is 19.8. The quantitative estimate of drug-likeness (QED) is 0.613. The molecule has 2 amide bonds. The lowest BCUT2D eigenvalue weighted by molar-refractivity contribution is -0.384. The number of hydrogen-bond acceptors (Lipinski definition) is 6. The average Bonchev–Trinajstić information content (AvgIpc) is 2.58. The summed E-state index contributed by atoms with van der Waals surface area (Å²) >= 11 is 0. The van der Waals surface area contributed by atoms with Gasteiger partial charge >= 0.3 is 6.09 Å². The second-order valence-electron chi connectivity index (χ2n) is 6.64. The fourth-order valence-electron chi connectivity index (χ4n) is 2.05. The lowest BCUT2D eigenvalue weighted by Crippen LogP contribution is -2.28. The number of carbonyl (C=O) groups excluding carboxylic acids is 2. The minimum Gasteiger partial charge on any atom is -0.444 e. The Bertz CT molecular complexity index is 844. The molecule has 2 N–H and O–H groups in total. The first-order valence-electron chi connectivity index (χ1n) is 8.12. The summed E-state index contributed by atoms with van der Waals surface area (Å²) in [6.07, 6.45) is -0.668. The number of anilines is 1. The molecule has 0 saturated heterocycles. The van der Waals surface area contributed by atoms with Crippen LogP contribution in [0.1, 0.15) is 36.8 Å². The zero-order valence-corrected chi connectivity index (χ0v) is 15.2. The highest BCUT2D eigenvalue weighted by atomic mass is 16.6. The van der Waals surface area contributed by atoms with Crippen molar-refractivity contribution in [1.29, 1.82) is 0 Å². The summed E-state index contributed by atoms with van der Waals surface area (Å²) in [4.78, 5) is 38.2. The fourth-order valence-corrected chi connectivity index (χ4v) is 2.05. The molecule has 0 unspecified atom stereocenters. The van der Waals surface area contributed by atoms with Crippen molar-refractivity contribution in [3.8, 4) is 0 Å². The molecule has 2 aromatic rings. The molecule has 9 nitrogen and oxygen atoms in total. The topological polar surface area (TPSA) is 123 Å². The number of aromatic nitrogens is 1. The molecule has 0 aliphatic heterocycles. The van der Waals surface area contributed by atoms with Gasteiger partial charge in [0.25, 0.3) is 11.6 Å². The number of pyridine rings is 1. The van der Waals surface area contributed by atoms with E-state index in [2.05, 4.69) is 15.6 Å². The van der Waals surface area contributed by atoms with Crippen molar-refractivity contribution < 1.29 is 19.2 Å². The summed E-state index contributed by atoms with van der Waals surface area (Å²) in [5.41, 5.74) is 0.152. The molecule has 0 saturated carbocycles. The van der Waals surface area contributed by atoms with Gasteiger partial charge in [-0.15, -0.1) is 0 Å². The number of non-ortho nitro benzene ring substituents is 1. The van der Waals surface area contributed by atoms with E-state index in [1.54, 1.807) is 39.0 Å². The van der Waals surface area contributed by atoms with Gasteiger partial charge in [-0.3, -0.25) is 20.2 Å². The number of benzene rings is 1. The smallest absolute Gasteiger partial charge is 0.413 e. The molecular weight excluding hydrogens is 352 g/mol. The third kappa shape index (κ3) is 6.38. The highest BCUT2D eigenvalue weighted by Gasteiger charge is 2.17. The van der Waals surface area contributed by atoms with Gasteiger partial charge < -0.3 is 10.1 Å². The van der Waals surface area contributed by atoms with Crippen LogP contribution in [0.2, 0.25) is 0 Å². The number of nitrogens with zero attached hydrogens (tertiary/aromatic N) is 2. The Morgan fingerprint density at radius 1 is 1.15 bits per heavy atom. The Balaban J connectivity index is 1.96. The molecule has 0 aliphatic carbocycles. The van der Waals surface area contributed by atoms with Crippen molar-refractivity contribution in [2.45, 2.75) is 32.9 Å². The molecule has 9 heteroatoms. The molecule has 27 heavy (non-hydrogen) atoms. The SMILES string of the molecule is CC(C)(C)OC(=O)Nc1cccc(C(=O)NCc2ccc([N+](=O)[O-])cc2)n1. The Labute approximate surface area is 155 Å². The fraction of sp³-hybridized carbons (Fsp3) is 0.278. The van der Waals surface area contributed by atoms with Crippen molar-refractivity contribution in [2.75, 3.05) is 5.32 Å². The van der Waals surface area contributed by atoms with Gasteiger partial charge in [-0.25, -0.2) is 9.78 Å². The molecule has 1 heterocycles. The van der Waals surface area contributed by atoms with Gasteiger partial charge in [-0.05, 0) is 38.5 Å². The van der Waals surface area contributed by atoms with Crippen LogP contribution in [0.4, 0.5) is 16.3 Å². The number of hydrogen-bond donors (Lipinski definition) is 2. The molecule has 0 spiro atoms. The van der Waals surface area contributed by atoms with Crippen LogP contribution in [-0.2, 0) is 11.3 Å². The zero-order chi connectivity index (χ0) is 20.0. The van der Waals surface area contributed by atoms with E-state index in [0.29, 0.717) is 5.56 Å². The number of nitro groups is 1. The van der Waals surface area contributed by atoms with Crippen LogP contribution in [0.5, 0.6) is 0 Å². The van der Waals surface area contributed by atoms with Gasteiger partial charge in [-0.1, -0.05) is 18.2 Å². The molecule has 1 aromatic carbocycles. The Morgan fingerprint density at radius 3 is 2.41 bits per heavy atom. The Morgan fingerprint density at radius 2 is 1.81 bits per heavy atom. The molecule has 1 aromatic heterocycles. The van der Waals surface area contributed by atoms with Crippen LogP contribution >= 0.6 is 0 Å². The Hall–Kier alpha value is -3.49. The van der Waals surface area contributed by atoms with Gasteiger partial charge in [0.05, 0.1) is 4.92 Å². The van der Waals surface area contributed by atoms with E-state index in [1.807, 2.05) is 0 Å². The Kier molecular flexibility index (Phi) is 6.07. The predicted octanol–water partition coefficient (Wildman–Crippen LogP) is 3.27. The lowest BCUT2D eigenvalue weighted by Gasteiger charge is -2.19. The first-order chi connectivity index (χ1) is 12.6. The van der Waals surface area contributed by atoms with Crippen LogP contribution in [-0.4, -0.2) is 27.5 Å². The van der Waals surface area contributed by atoms with Crippen molar-refractivity contribution in [3.05, 3.63) is 63.8 Å². The highest BCUT2D eigenvalue weighted by molar-refractivity contribution is 5.93. The predicted molar refractivity (Wildman–Crippen MR) is 98.4 cm³/mol. The molecule has 0 atom stereocenters. The van der Waals surface area contributed by atoms with E-state index in [1.165, 1.54) is 24.3 Å². The van der Waals surface area contributed by atoms with Crippen LogP contribution in [0.15, 0.2) is 42.5 Å². The summed E-state index contributed by atoms with van der Waals surface area (Å²) in [5, 5.41) is 15.8. The minimum atomic E-state index is -0.668. The van der Waals surface area contributed by atoms with Crippen molar-refractivity contribution in [2.24, 2.45) is 0 Å². The second kappa shape index (κ2) is 8.26. The first-order valence-corrected chi connectivity index (χ1v) is 8.12. The lowest BCUT2D eigenvalue weighted by atomic mass is 10.2. The second-order valence-corrected chi connectivity index (χ2v) is 6.64. The summed E-state index contributed by atoms with van der Waals surface area (Å²) < 4.78 is 5.14. The van der Waals surface area contributed by atoms with Crippen molar-refractivity contribution in [1.82, 2.24) is 10.3 Å². The maximum atomic E-state index is 12.2. The summed E-state index contributed by atoms with van der Waals surface area (Å²) in [6, 6.07) is 10.5. The number of ether oxygens (including phenoxy) is 1. The monoisotopic (exact) mass is 372 g/mol. The van der Waals surface area contributed by atoms with Crippen LogP contribution in [0.3, 0.4) is 0 Å². The van der Waals surface area contributed by atoms with E-state index in [-0.39, 0.29) is 23.7 Å². The average molecular weight is 372 g/mol. The zero-order valence-electron chi connectivity index (χ0n) is 15.2. The molecular formula is C18H20N4O5. The normalized spacial score (nSPS) is 10.8. The summed E-state index contributed by atoms with van der Waals surface area (Å²) in [5.74, 6) is -0.256. The standard InChI is InChI=1S/C18H20N4O5/c1-18(2,3)27-17(24)21-15-6-4-5-14(20-15)16(23)19-11-12-7-9-13(10-8-12)22(25)26/h4-10H,11H2,1-3H3,(H,19,23)(H,20,21,24). The number of carbonyl (C=O) groups is 2. The van der Waals surface area contributed by atoms with Gasteiger partial charge in [0.15, 0.2) is 0 Å². The van der Waals surface area contributed by atoms with Crippen LogP contribution in [0, 0.1) is 10.1 Å². The third-order valence-corrected chi connectivity index (χ3v) is 3.21. The molecule has 2 rings (SSSR count). The van der Waals surface area contributed by atoms with E-state index < -0.39 is 22.5 Å². The molecule has 0 radical (unpaired) electrons. The van der Waals surface area contributed by atoms with Crippen molar-refractivity contribution >= 4 is 23.5 Å². The van der Waals surface area contributed by atoms with Crippen LogP contribution < -0.4 is 10.6 Å². The number of rotatable bonds is 5. The van der Waals surface area contributed by atoms with Gasteiger partial charge in [0.2, 0.25) is 0 Å². The maximum absolute atomic E-state index is 12.2. The molecule has 0 aliphatic rings. The third-order valence-electron chi connectivity index (χ3n) is 3.21. The number of nitrogens with one attached hydrogen (secondary N) is 2. The molecule has 142 valence electrons. The van der Waals surface area contributed by atoms with Gasteiger partial charge in [0, 0.05) is 18.7 Å². The highest BCUT2D eigenvalue weighted by Crippen LogP contribution is 2.13. The maximum Gasteiger partial charge on any atom is 0.413 e. The van der Waals surface area contributed by atoms with Gasteiger partial charge in [-0.2, -0.15) is 0 Å². The van der Waals surface area contributed by atoms with E-state index in [9.17, 15) is 19.7 Å². The molecule has 0 fully saturated rings.